The molecule has 0 aliphatic carbocycles. The molecule has 3 amide bonds. The molecule has 9 N–H and O–H groups in total. The Labute approximate surface area is 180 Å². The number of aliphatic hydroxyl groups is 1. The number of aliphatic hydroxyl groups excluding tert-OH is 1. The van der Waals surface area contributed by atoms with Crippen LogP contribution in [0.4, 0.5) is 0 Å². The van der Waals surface area contributed by atoms with E-state index in [4.69, 9.17) is 26.2 Å². The number of carboxylic acid groups (broad SMARTS) is 3. The Morgan fingerprint density at radius 1 is 0.806 bits per heavy atom. The molecule has 0 saturated heterocycles. The molecule has 0 aliphatic heterocycles. The van der Waals surface area contributed by atoms with Gasteiger partial charge in [0.05, 0.1) is 19.4 Å². The van der Waals surface area contributed by atoms with Crippen molar-refractivity contribution in [2.45, 2.75) is 43.4 Å². The largest absolute Gasteiger partial charge is 0.481 e. The molecule has 4 unspecified atom stereocenters. The monoisotopic (exact) mass is 466 g/mol. The zero-order valence-electron chi connectivity index (χ0n) is 16.6. The molecule has 0 aromatic rings. The van der Waals surface area contributed by atoms with E-state index in [1.54, 1.807) is 6.26 Å². The van der Waals surface area contributed by atoms with Gasteiger partial charge in [0.15, 0.2) is 0 Å². The minimum atomic E-state index is -1.75. The fourth-order valence-corrected chi connectivity index (χ4v) is 2.64. The summed E-state index contributed by atoms with van der Waals surface area (Å²) in [5.41, 5.74) is 5.32. The van der Waals surface area contributed by atoms with Gasteiger partial charge in [-0.2, -0.15) is 11.8 Å². The predicted octanol–water partition coefficient (Wildman–Crippen LogP) is -3.45. The molecule has 0 radical (unpaired) electrons. The van der Waals surface area contributed by atoms with Crippen molar-refractivity contribution in [3.8, 4) is 0 Å². The normalized spacial score (nSPS) is 14.4. The third kappa shape index (κ3) is 11.2. The second-order valence-electron chi connectivity index (χ2n) is 6.29. The molecule has 0 saturated carbocycles. The lowest BCUT2D eigenvalue weighted by molar-refractivity contribution is -0.147. The van der Waals surface area contributed by atoms with Gasteiger partial charge in [0.1, 0.15) is 24.2 Å². The molecule has 0 bridgehead atoms. The first-order chi connectivity index (χ1) is 14.4. The summed E-state index contributed by atoms with van der Waals surface area (Å²) in [6.07, 6.45) is -0.0581. The first-order valence-corrected chi connectivity index (χ1v) is 10.2. The Bertz CT molecular complexity index is 689. The maximum Gasteiger partial charge on any atom is 0.326 e. The van der Waals surface area contributed by atoms with Crippen molar-refractivity contribution >= 4 is 47.4 Å². The molecule has 0 spiro atoms. The molecular weight excluding hydrogens is 440 g/mol. The van der Waals surface area contributed by atoms with E-state index in [0.29, 0.717) is 5.75 Å². The van der Waals surface area contributed by atoms with Crippen LogP contribution in [0.2, 0.25) is 0 Å². The van der Waals surface area contributed by atoms with E-state index < -0.39 is 79.2 Å². The molecule has 15 heteroatoms. The van der Waals surface area contributed by atoms with Crippen LogP contribution in [0.3, 0.4) is 0 Å². The lowest BCUT2D eigenvalue weighted by atomic mass is 10.1. The second kappa shape index (κ2) is 14.2. The van der Waals surface area contributed by atoms with Gasteiger partial charge in [-0.1, -0.05) is 0 Å². The summed E-state index contributed by atoms with van der Waals surface area (Å²) < 4.78 is 0. The highest BCUT2D eigenvalue weighted by molar-refractivity contribution is 7.98. The third-order valence-electron chi connectivity index (χ3n) is 3.78. The molecule has 31 heavy (non-hydrogen) atoms. The summed E-state index contributed by atoms with van der Waals surface area (Å²) in [4.78, 5) is 69.7. The summed E-state index contributed by atoms with van der Waals surface area (Å²) in [5.74, 6) is -7.24. The number of carbonyl (C=O) groups excluding carboxylic acids is 3. The lowest BCUT2D eigenvalue weighted by Gasteiger charge is -2.24. The van der Waals surface area contributed by atoms with E-state index in [1.807, 2.05) is 5.32 Å². The van der Waals surface area contributed by atoms with Crippen molar-refractivity contribution in [3.63, 3.8) is 0 Å². The summed E-state index contributed by atoms with van der Waals surface area (Å²) in [5, 5.41) is 42.0. The fourth-order valence-electron chi connectivity index (χ4n) is 2.17. The average molecular weight is 466 g/mol. The number of aliphatic carboxylic acids is 3. The summed E-state index contributed by atoms with van der Waals surface area (Å²) in [7, 11) is 0. The summed E-state index contributed by atoms with van der Waals surface area (Å²) in [6.45, 7) is -0.758. The van der Waals surface area contributed by atoms with Crippen LogP contribution in [0.1, 0.15) is 19.3 Å². The lowest BCUT2D eigenvalue weighted by Crippen LogP contribution is -2.58. The van der Waals surface area contributed by atoms with Crippen LogP contribution < -0.4 is 21.7 Å². The molecular formula is C16H26N4O10S. The van der Waals surface area contributed by atoms with E-state index in [1.165, 1.54) is 11.8 Å². The molecule has 0 aliphatic rings. The van der Waals surface area contributed by atoms with Crippen molar-refractivity contribution in [2.75, 3.05) is 18.6 Å². The van der Waals surface area contributed by atoms with Crippen molar-refractivity contribution in [1.82, 2.24) is 16.0 Å². The molecule has 14 nitrogen and oxygen atoms in total. The molecule has 4 atom stereocenters. The first-order valence-electron chi connectivity index (χ1n) is 8.85. The van der Waals surface area contributed by atoms with Crippen LogP contribution in [0.25, 0.3) is 0 Å². The van der Waals surface area contributed by atoms with Gasteiger partial charge >= 0.3 is 17.9 Å². The van der Waals surface area contributed by atoms with Gasteiger partial charge in [-0.05, 0) is 18.4 Å². The quantitative estimate of drug-likeness (QED) is 0.117. The van der Waals surface area contributed by atoms with Gasteiger partial charge in [-0.25, -0.2) is 4.79 Å². The maximum atomic E-state index is 12.5. The highest BCUT2D eigenvalue weighted by Crippen LogP contribution is 2.05. The van der Waals surface area contributed by atoms with Crippen molar-refractivity contribution < 1.29 is 49.2 Å². The average Bonchev–Trinajstić information content (AvgIpc) is 2.68. The molecule has 176 valence electrons. The number of nitrogens with one attached hydrogen (secondary N) is 3. The van der Waals surface area contributed by atoms with Crippen LogP contribution >= 0.6 is 11.8 Å². The standard InChI is InChI=1S/C16H26N4O10S/c1-31-3-2-8(14(27)20-10(16(29)30)5-12(24)25)18-15(28)9(4-11(22)23)19-13(26)7(17)6-21/h7-10,21H,2-6,17H2,1H3,(H,18,28)(H,19,26)(H,20,27)(H,22,23)(H,24,25)(H,29,30). The number of carbonyl (C=O) groups is 6. The topological polar surface area (TPSA) is 245 Å². The smallest absolute Gasteiger partial charge is 0.326 e. The predicted molar refractivity (Wildman–Crippen MR) is 106 cm³/mol. The molecule has 0 heterocycles. The van der Waals surface area contributed by atoms with Crippen LogP contribution in [-0.4, -0.2) is 98.8 Å². The Hall–Kier alpha value is -2.91. The number of amides is 3. The van der Waals surface area contributed by atoms with E-state index in [0.717, 1.165) is 0 Å². The van der Waals surface area contributed by atoms with Crippen molar-refractivity contribution in [1.29, 1.82) is 0 Å². The van der Waals surface area contributed by atoms with Crippen LogP contribution in [0.5, 0.6) is 0 Å². The molecule has 0 rings (SSSR count). The molecule has 0 aromatic carbocycles. The Kier molecular flexibility index (Phi) is 12.8. The maximum absolute atomic E-state index is 12.5. The second-order valence-corrected chi connectivity index (χ2v) is 7.27. The third-order valence-corrected chi connectivity index (χ3v) is 4.43. The molecule has 0 aromatic heterocycles. The summed E-state index contributed by atoms with van der Waals surface area (Å²) >= 11 is 1.30. The Morgan fingerprint density at radius 2 is 1.26 bits per heavy atom. The van der Waals surface area contributed by atoms with Crippen LogP contribution in [-0.2, 0) is 28.8 Å². The number of hydrogen-bond acceptors (Lipinski definition) is 9. The Balaban J connectivity index is 5.45. The van der Waals surface area contributed by atoms with Gasteiger partial charge in [-0.3, -0.25) is 24.0 Å². The Morgan fingerprint density at radius 3 is 1.71 bits per heavy atom. The van der Waals surface area contributed by atoms with Crippen LogP contribution in [0, 0.1) is 0 Å². The SMILES string of the molecule is CSCCC(NC(=O)C(CC(=O)O)NC(=O)C(N)CO)C(=O)NC(CC(=O)O)C(=O)O. The first kappa shape index (κ1) is 28.1. The number of thioether (sulfide) groups is 1. The number of nitrogens with two attached hydrogens (primary N) is 1. The van der Waals surface area contributed by atoms with E-state index >= 15 is 0 Å². The van der Waals surface area contributed by atoms with E-state index in [9.17, 15) is 28.8 Å². The number of carboxylic acids is 3. The fraction of sp³-hybridized carbons (Fsp3) is 0.625. The zero-order valence-corrected chi connectivity index (χ0v) is 17.4. The highest BCUT2D eigenvalue weighted by Gasteiger charge is 2.31. The van der Waals surface area contributed by atoms with Crippen LogP contribution in [0.15, 0.2) is 0 Å². The zero-order chi connectivity index (χ0) is 24.1. The van der Waals surface area contributed by atoms with Gasteiger partial charge in [0, 0.05) is 0 Å². The summed E-state index contributed by atoms with van der Waals surface area (Å²) in [6, 6.07) is -6.14. The van der Waals surface area contributed by atoms with Crippen molar-refractivity contribution in [2.24, 2.45) is 5.73 Å². The van der Waals surface area contributed by atoms with Crippen molar-refractivity contribution in [3.05, 3.63) is 0 Å². The number of rotatable bonds is 15. The highest BCUT2D eigenvalue weighted by atomic mass is 32.2. The number of hydrogen-bond donors (Lipinski definition) is 8. The van der Waals surface area contributed by atoms with E-state index in [2.05, 4.69) is 10.6 Å². The van der Waals surface area contributed by atoms with E-state index in [-0.39, 0.29) is 6.42 Å². The van der Waals surface area contributed by atoms with Gasteiger partial charge in [0.25, 0.3) is 0 Å². The van der Waals surface area contributed by atoms with Gasteiger partial charge in [-0.15, -0.1) is 0 Å². The minimum Gasteiger partial charge on any atom is -0.481 e. The van der Waals surface area contributed by atoms with Gasteiger partial charge in [0.2, 0.25) is 17.7 Å². The minimum absolute atomic E-state index is 0.00203. The molecule has 0 fully saturated rings. The van der Waals surface area contributed by atoms with Gasteiger partial charge < -0.3 is 42.1 Å².